The molecule has 3 heterocycles. The van der Waals surface area contributed by atoms with Gasteiger partial charge in [0.05, 0.1) is 6.20 Å². The van der Waals surface area contributed by atoms with Crippen LogP contribution < -0.4 is 10.2 Å². The average molecular weight is 368 g/mol. The fraction of sp³-hybridized carbons (Fsp3) is 0.600. The van der Waals surface area contributed by atoms with Crippen molar-refractivity contribution in [1.29, 1.82) is 0 Å². The Hall–Kier alpha value is -2.44. The van der Waals surface area contributed by atoms with Gasteiger partial charge in [-0.1, -0.05) is 0 Å². The summed E-state index contributed by atoms with van der Waals surface area (Å²) < 4.78 is 1.82. The van der Waals surface area contributed by atoms with E-state index >= 15 is 0 Å². The predicted octanol–water partition coefficient (Wildman–Crippen LogP) is 2.28. The van der Waals surface area contributed by atoms with E-state index in [4.69, 9.17) is 0 Å². The Morgan fingerprint density at radius 1 is 1.30 bits per heavy atom. The third kappa shape index (κ3) is 4.84. The SMILES string of the molecule is Cc1cnn(CCC(=O)NCC2CCCN(c3cc(C4CC4)ncn3)C2)c1. The number of anilines is 1. The van der Waals surface area contributed by atoms with Gasteiger partial charge in [-0.3, -0.25) is 9.48 Å². The van der Waals surface area contributed by atoms with Gasteiger partial charge in [-0.2, -0.15) is 5.10 Å². The number of carbonyl (C=O) groups is 1. The Kier molecular flexibility index (Phi) is 5.36. The van der Waals surface area contributed by atoms with Crippen LogP contribution in [-0.4, -0.2) is 45.3 Å². The molecule has 7 nitrogen and oxygen atoms in total. The maximum absolute atomic E-state index is 12.2. The number of nitrogens with one attached hydrogen (secondary N) is 1. The van der Waals surface area contributed by atoms with Crippen LogP contribution in [0.25, 0.3) is 0 Å². The van der Waals surface area contributed by atoms with Crippen molar-refractivity contribution in [2.45, 2.75) is 51.5 Å². The summed E-state index contributed by atoms with van der Waals surface area (Å²) in [6.07, 6.45) is 10.7. The average Bonchev–Trinajstić information content (AvgIpc) is 3.47. The van der Waals surface area contributed by atoms with Crippen LogP contribution in [0.2, 0.25) is 0 Å². The summed E-state index contributed by atoms with van der Waals surface area (Å²) in [5, 5.41) is 7.32. The van der Waals surface area contributed by atoms with Gasteiger partial charge in [0.1, 0.15) is 12.1 Å². The Balaban J connectivity index is 1.24. The molecule has 1 atom stereocenters. The highest BCUT2D eigenvalue weighted by Gasteiger charge is 2.27. The lowest BCUT2D eigenvalue weighted by Gasteiger charge is -2.33. The van der Waals surface area contributed by atoms with Gasteiger partial charge in [0.2, 0.25) is 5.91 Å². The number of piperidine rings is 1. The standard InChI is InChI=1S/C20H28N6O/c1-15-10-24-26(12-15)8-6-20(27)21-11-16-3-2-7-25(13-16)19-9-18(17-4-5-17)22-14-23-19/h9-10,12,14,16-17H,2-8,11,13H2,1H3,(H,21,27). The van der Waals surface area contributed by atoms with Crippen LogP contribution in [0.5, 0.6) is 0 Å². The van der Waals surface area contributed by atoms with E-state index in [9.17, 15) is 4.79 Å². The summed E-state index contributed by atoms with van der Waals surface area (Å²) in [4.78, 5) is 23.4. The van der Waals surface area contributed by atoms with Crippen LogP contribution in [0.15, 0.2) is 24.8 Å². The van der Waals surface area contributed by atoms with E-state index in [1.54, 1.807) is 6.33 Å². The summed E-state index contributed by atoms with van der Waals surface area (Å²) in [6.45, 7) is 5.34. The molecule has 1 aliphatic carbocycles. The van der Waals surface area contributed by atoms with Gasteiger partial charge < -0.3 is 10.2 Å². The van der Waals surface area contributed by atoms with Crippen molar-refractivity contribution >= 4 is 11.7 Å². The van der Waals surface area contributed by atoms with E-state index in [0.29, 0.717) is 24.8 Å². The fourth-order valence-corrected chi connectivity index (χ4v) is 3.73. The highest BCUT2D eigenvalue weighted by Crippen LogP contribution is 2.39. The van der Waals surface area contributed by atoms with E-state index in [2.05, 4.69) is 31.3 Å². The molecule has 1 saturated carbocycles. The topological polar surface area (TPSA) is 75.9 Å². The molecular formula is C20H28N6O. The highest BCUT2D eigenvalue weighted by molar-refractivity contribution is 5.75. The van der Waals surface area contributed by atoms with Gasteiger partial charge in [-0.25, -0.2) is 9.97 Å². The minimum atomic E-state index is 0.0957. The smallest absolute Gasteiger partial charge is 0.221 e. The summed E-state index contributed by atoms with van der Waals surface area (Å²) in [5.74, 6) is 2.24. The first-order valence-corrected chi connectivity index (χ1v) is 10.00. The third-order valence-corrected chi connectivity index (χ3v) is 5.43. The summed E-state index contributed by atoms with van der Waals surface area (Å²) in [5.41, 5.74) is 2.30. The van der Waals surface area contributed by atoms with E-state index in [1.807, 2.05) is 24.0 Å². The predicted molar refractivity (Wildman–Crippen MR) is 104 cm³/mol. The van der Waals surface area contributed by atoms with Gasteiger partial charge in [0, 0.05) is 56.5 Å². The molecule has 1 N–H and O–H groups in total. The minimum Gasteiger partial charge on any atom is -0.356 e. The molecule has 0 bridgehead atoms. The molecule has 0 radical (unpaired) electrons. The van der Waals surface area contributed by atoms with Crippen molar-refractivity contribution in [3.8, 4) is 0 Å². The number of rotatable bonds is 7. The Bertz CT molecular complexity index is 784. The molecule has 1 unspecified atom stereocenters. The largest absolute Gasteiger partial charge is 0.356 e. The van der Waals surface area contributed by atoms with E-state index in [-0.39, 0.29) is 5.91 Å². The fourth-order valence-electron chi connectivity index (χ4n) is 3.73. The minimum absolute atomic E-state index is 0.0957. The molecule has 2 aliphatic rings. The number of carbonyl (C=O) groups excluding carboxylic acids is 1. The van der Waals surface area contributed by atoms with Crippen LogP contribution in [0, 0.1) is 12.8 Å². The number of hydrogen-bond donors (Lipinski definition) is 1. The molecule has 1 saturated heterocycles. The Labute approximate surface area is 160 Å². The van der Waals surface area contributed by atoms with Crippen molar-refractivity contribution in [3.63, 3.8) is 0 Å². The molecule has 144 valence electrons. The normalized spacial score (nSPS) is 19.9. The lowest BCUT2D eigenvalue weighted by molar-refractivity contribution is -0.121. The van der Waals surface area contributed by atoms with Gasteiger partial charge in [-0.15, -0.1) is 0 Å². The van der Waals surface area contributed by atoms with Crippen molar-refractivity contribution in [3.05, 3.63) is 36.0 Å². The van der Waals surface area contributed by atoms with Crippen molar-refractivity contribution in [2.24, 2.45) is 5.92 Å². The Morgan fingerprint density at radius 3 is 2.96 bits per heavy atom. The van der Waals surface area contributed by atoms with Gasteiger partial charge >= 0.3 is 0 Å². The molecule has 7 heteroatoms. The first-order valence-electron chi connectivity index (χ1n) is 10.00. The first kappa shape index (κ1) is 17.9. The Morgan fingerprint density at radius 2 is 2.19 bits per heavy atom. The zero-order valence-corrected chi connectivity index (χ0v) is 16.0. The summed E-state index contributed by atoms with van der Waals surface area (Å²) in [7, 11) is 0. The molecule has 1 amide bonds. The van der Waals surface area contributed by atoms with Crippen molar-refractivity contribution in [2.75, 3.05) is 24.5 Å². The van der Waals surface area contributed by atoms with E-state index in [1.165, 1.54) is 18.5 Å². The van der Waals surface area contributed by atoms with Gasteiger partial charge in [-0.05, 0) is 44.1 Å². The third-order valence-electron chi connectivity index (χ3n) is 5.43. The number of nitrogens with zero attached hydrogens (tertiary/aromatic N) is 5. The molecule has 27 heavy (non-hydrogen) atoms. The molecule has 1 aliphatic heterocycles. The van der Waals surface area contributed by atoms with Crippen LogP contribution >= 0.6 is 0 Å². The molecule has 4 rings (SSSR count). The lowest BCUT2D eigenvalue weighted by Crippen LogP contribution is -2.41. The lowest BCUT2D eigenvalue weighted by atomic mass is 9.98. The van der Waals surface area contributed by atoms with E-state index < -0.39 is 0 Å². The zero-order chi connectivity index (χ0) is 18.6. The van der Waals surface area contributed by atoms with Crippen LogP contribution in [-0.2, 0) is 11.3 Å². The highest BCUT2D eigenvalue weighted by atomic mass is 16.1. The van der Waals surface area contributed by atoms with Crippen LogP contribution in [0.4, 0.5) is 5.82 Å². The molecule has 2 aromatic rings. The maximum Gasteiger partial charge on any atom is 0.221 e. The van der Waals surface area contributed by atoms with Crippen LogP contribution in [0.1, 0.15) is 49.3 Å². The molecular weight excluding hydrogens is 340 g/mol. The second-order valence-corrected chi connectivity index (χ2v) is 7.86. The van der Waals surface area contributed by atoms with E-state index in [0.717, 1.165) is 43.9 Å². The summed E-state index contributed by atoms with van der Waals surface area (Å²) in [6, 6.07) is 2.16. The number of aryl methyl sites for hydroxylation is 2. The zero-order valence-electron chi connectivity index (χ0n) is 16.0. The monoisotopic (exact) mass is 368 g/mol. The van der Waals surface area contributed by atoms with Gasteiger partial charge in [0.15, 0.2) is 0 Å². The molecule has 2 aromatic heterocycles. The quantitative estimate of drug-likeness (QED) is 0.811. The number of hydrogen-bond acceptors (Lipinski definition) is 5. The second kappa shape index (κ2) is 8.06. The first-order chi connectivity index (χ1) is 13.2. The molecule has 0 spiro atoms. The molecule has 0 aromatic carbocycles. The number of amides is 1. The van der Waals surface area contributed by atoms with Crippen molar-refractivity contribution in [1.82, 2.24) is 25.1 Å². The second-order valence-electron chi connectivity index (χ2n) is 7.86. The molecule has 2 fully saturated rings. The number of aromatic nitrogens is 4. The van der Waals surface area contributed by atoms with Crippen LogP contribution in [0.3, 0.4) is 0 Å². The van der Waals surface area contributed by atoms with Gasteiger partial charge in [0.25, 0.3) is 0 Å². The maximum atomic E-state index is 12.2. The van der Waals surface area contributed by atoms with Crippen molar-refractivity contribution < 1.29 is 4.79 Å². The summed E-state index contributed by atoms with van der Waals surface area (Å²) >= 11 is 0.